The third-order valence-electron chi connectivity index (χ3n) is 2.48. The minimum Gasteiger partial charge on any atom is -0.507 e. The maximum Gasteiger partial charge on any atom is 0.339 e. The van der Waals surface area contributed by atoms with Crippen molar-refractivity contribution in [1.82, 2.24) is 4.98 Å². The number of carboxylic acids is 1. The van der Waals surface area contributed by atoms with Crippen molar-refractivity contribution in [3.8, 4) is 5.75 Å². The van der Waals surface area contributed by atoms with E-state index in [4.69, 9.17) is 5.11 Å². The zero-order valence-electron chi connectivity index (χ0n) is 10.0. The lowest BCUT2D eigenvalue weighted by Gasteiger charge is -2.06. The number of nitrogens with zero attached hydrogens (tertiary/aromatic N) is 1. The fourth-order valence-corrected chi connectivity index (χ4v) is 1.50. The molecule has 3 N–H and O–H groups in total. The van der Waals surface area contributed by atoms with E-state index in [0.717, 1.165) is 24.4 Å². The summed E-state index contributed by atoms with van der Waals surface area (Å²) in [6.45, 7) is 0. The first-order valence-corrected chi connectivity index (χ1v) is 5.46. The summed E-state index contributed by atoms with van der Waals surface area (Å²) in [5, 5.41) is 20.7. The number of hydrogen-bond donors (Lipinski definition) is 3. The van der Waals surface area contributed by atoms with Crippen LogP contribution in [0.5, 0.6) is 5.75 Å². The standard InChI is InChI=1S/C13H9FN2O4/c14-11-4-1-7(6-15-11)12(18)16-8-2-3-9(13(19)20)10(17)5-8/h1-6,17H,(H,16,18)(H,19,20). The molecular formula is C13H9FN2O4. The number of carboxylic acid groups (broad SMARTS) is 1. The summed E-state index contributed by atoms with van der Waals surface area (Å²) in [5.74, 6) is -3.00. The average molecular weight is 276 g/mol. The molecule has 0 atom stereocenters. The van der Waals surface area contributed by atoms with Gasteiger partial charge in [-0.05, 0) is 24.3 Å². The van der Waals surface area contributed by atoms with Gasteiger partial charge in [0.1, 0.15) is 11.3 Å². The number of rotatable bonds is 3. The molecule has 0 radical (unpaired) electrons. The highest BCUT2D eigenvalue weighted by Gasteiger charge is 2.12. The number of nitrogens with one attached hydrogen (secondary N) is 1. The third kappa shape index (κ3) is 2.89. The normalized spacial score (nSPS) is 10.1. The SMILES string of the molecule is O=C(Nc1ccc(C(=O)O)c(O)c1)c1ccc(F)nc1. The van der Waals surface area contributed by atoms with Gasteiger partial charge in [-0.1, -0.05) is 0 Å². The van der Waals surface area contributed by atoms with Gasteiger partial charge in [0.25, 0.3) is 5.91 Å². The summed E-state index contributed by atoms with van der Waals surface area (Å²) < 4.78 is 12.6. The highest BCUT2D eigenvalue weighted by molar-refractivity contribution is 6.04. The van der Waals surface area contributed by atoms with Crippen LogP contribution in [0.15, 0.2) is 36.5 Å². The maximum absolute atomic E-state index is 12.6. The number of benzene rings is 1. The number of aromatic nitrogens is 1. The predicted molar refractivity (Wildman–Crippen MR) is 67.2 cm³/mol. The van der Waals surface area contributed by atoms with Crippen LogP contribution in [0.3, 0.4) is 0 Å². The Bertz CT molecular complexity index is 671. The van der Waals surface area contributed by atoms with Gasteiger partial charge >= 0.3 is 5.97 Å². The molecular weight excluding hydrogens is 267 g/mol. The van der Waals surface area contributed by atoms with E-state index in [-0.39, 0.29) is 16.8 Å². The van der Waals surface area contributed by atoms with Crippen molar-refractivity contribution >= 4 is 17.6 Å². The van der Waals surface area contributed by atoms with Crippen LogP contribution >= 0.6 is 0 Å². The van der Waals surface area contributed by atoms with Crippen molar-refractivity contribution in [2.45, 2.75) is 0 Å². The van der Waals surface area contributed by atoms with Crippen molar-refractivity contribution in [3.05, 3.63) is 53.6 Å². The Morgan fingerprint density at radius 2 is 1.95 bits per heavy atom. The van der Waals surface area contributed by atoms with Gasteiger partial charge in [0, 0.05) is 18.0 Å². The number of phenols is 1. The van der Waals surface area contributed by atoms with E-state index in [0.29, 0.717) is 0 Å². The van der Waals surface area contributed by atoms with Crippen LogP contribution in [0.1, 0.15) is 20.7 Å². The van der Waals surface area contributed by atoms with Crippen LogP contribution in [0.4, 0.5) is 10.1 Å². The summed E-state index contributed by atoms with van der Waals surface area (Å²) in [5.41, 5.74) is 0.0708. The van der Waals surface area contributed by atoms with Crippen LogP contribution in [0.2, 0.25) is 0 Å². The van der Waals surface area contributed by atoms with E-state index in [1.807, 2.05) is 0 Å². The van der Waals surface area contributed by atoms with Crippen LogP contribution in [-0.2, 0) is 0 Å². The smallest absolute Gasteiger partial charge is 0.339 e. The summed E-state index contributed by atoms with van der Waals surface area (Å²) in [7, 11) is 0. The zero-order chi connectivity index (χ0) is 14.7. The van der Waals surface area contributed by atoms with Gasteiger partial charge in [-0.2, -0.15) is 4.39 Å². The molecule has 0 aliphatic carbocycles. The fourth-order valence-electron chi connectivity index (χ4n) is 1.50. The van der Waals surface area contributed by atoms with Gasteiger partial charge in [-0.3, -0.25) is 4.79 Å². The monoisotopic (exact) mass is 276 g/mol. The van der Waals surface area contributed by atoms with Crippen molar-refractivity contribution in [2.24, 2.45) is 0 Å². The van der Waals surface area contributed by atoms with E-state index < -0.39 is 23.6 Å². The number of carbonyl (C=O) groups is 2. The molecule has 102 valence electrons. The van der Waals surface area contributed by atoms with Gasteiger partial charge in [0.15, 0.2) is 0 Å². The molecule has 0 aliphatic rings. The highest BCUT2D eigenvalue weighted by atomic mass is 19.1. The minimum atomic E-state index is -1.27. The minimum absolute atomic E-state index is 0.133. The number of hydrogen-bond acceptors (Lipinski definition) is 4. The largest absolute Gasteiger partial charge is 0.507 e. The van der Waals surface area contributed by atoms with Crippen molar-refractivity contribution in [2.75, 3.05) is 5.32 Å². The molecule has 1 aromatic carbocycles. The summed E-state index contributed by atoms with van der Waals surface area (Å²) in [6, 6.07) is 5.90. The molecule has 1 amide bonds. The van der Waals surface area contributed by atoms with Crippen molar-refractivity contribution in [3.63, 3.8) is 0 Å². The summed E-state index contributed by atoms with van der Waals surface area (Å²) in [4.78, 5) is 25.8. The van der Waals surface area contributed by atoms with Crippen molar-refractivity contribution < 1.29 is 24.2 Å². The molecule has 1 heterocycles. The van der Waals surface area contributed by atoms with Crippen LogP contribution < -0.4 is 5.32 Å². The lowest BCUT2D eigenvalue weighted by molar-refractivity contribution is 0.0693. The molecule has 2 rings (SSSR count). The van der Waals surface area contributed by atoms with E-state index in [9.17, 15) is 19.1 Å². The van der Waals surface area contributed by atoms with Gasteiger partial charge < -0.3 is 15.5 Å². The molecule has 0 saturated heterocycles. The predicted octanol–water partition coefficient (Wildman–Crippen LogP) is 1.88. The second-order valence-electron chi connectivity index (χ2n) is 3.86. The number of halogens is 1. The van der Waals surface area contributed by atoms with E-state index in [2.05, 4.69) is 10.3 Å². The summed E-state index contributed by atoms with van der Waals surface area (Å²) in [6.07, 6.45) is 1.07. The second-order valence-corrected chi connectivity index (χ2v) is 3.86. The van der Waals surface area contributed by atoms with Crippen LogP contribution in [-0.4, -0.2) is 27.1 Å². The molecule has 0 bridgehead atoms. The molecule has 1 aromatic heterocycles. The van der Waals surface area contributed by atoms with Crippen molar-refractivity contribution in [1.29, 1.82) is 0 Å². The fraction of sp³-hybridized carbons (Fsp3) is 0. The quantitative estimate of drug-likeness (QED) is 0.743. The third-order valence-corrected chi connectivity index (χ3v) is 2.48. The molecule has 6 nitrogen and oxygen atoms in total. The van der Waals surface area contributed by atoms with Gasteiger partial charge in [0.2, 0.25) is 5.95 Å². The maximum atomic E-state index is 12.6. The van der Waals surface area contributed by atoms with E-state index >= 15 is 0 Å². The molecule has 0 unspecified atom stereocenters. The van der Waals surface area contributed by atoms with Crippen LogP contribution in [0.25, 0.3) is 0 Å². The first-order chi connectivity index (χ1) is 9.47. The Labute approximate surface area is 112 Å². The molecule has 0 spiro atoms. The van der Waals surface area contributed by atoms with Gasteiger partial charge in [0.05, 0.1) is 5.56 Å². The Balaban J connectivity index is 2.18. The molecule has 2 aromatic rings. The number of aromatic carboxylic acids is 1. The number of carbonyl (C=O) groups excluding carboxylic acids is 1. The Hall–Kier alpha value is -2.96. The summed E-state index contributed by atoms with van der Waals surface area (Å²) >= 11 is 0. The lowest BCUT2D eigenvalue weighted by Crippen LogP contribution is -2.12. The lowest BCUT2D eigenvalue weighted by atomic mass is 10.1. The Kier molecular flexibility index (Phi) is 3.60. The molecule has 0 fully saturated rings. The first-order valence-electron chi connectivity index (χ1n) is 5.46. The number of amides is 1. The molecule has 0 aliphatic heterocycles. The average Bonchev–Trinajstić information content (AvgIpc) is 2.39. The van der Waals surface area contributed by atoms with E-state index in [1.54, 1.807) is 0 Å². The first kappa shape index (κ1) is 13.5. The number of pyridine rings is 1. The number of aromatic hydroxyl groups is 1. The topological polar surface area (TPSA) is 99.5 Å². The van der Waals surface area contributed by atoms with Gasteiger partial charge in [-0.15, -0.1) is 0 Å². The zero-order valence-corrected chi connectivity index (χ0v) is 10.0. The Morgan fingerprint density at radius 1 is 1.20 bits per heavy atom. The molecule has 20 heavy (non-hydrogen) atoms. The second kappa shape index (κ2) is 5.35. The molecule has 0 saturated carbocycles. The van der Waals surface area contributed by atoms with E-state index in [1.165, 1.54) is 12.1 Å². The number of anilines is 1. The molecule has 7 heteroatoms. The van der Waals surface area contributed by atoms with Crippen LogP contribution in [0, 0.1) is 5.95 Å². The Morgan fingerprint density at radius 3 is 2.50 bits per heavy atom. The highest BCUT2D eigenvalue weighted by Crippen LogP contribution is 2.22. The van der Waals surface area contributed by atoms with Gasteiger partial charge in [-0.25, -0.2) is 9.78 Å².